The van der Waals surface area contributed by atoms with Crippen LogP contribution >= 0.6 is 15.9 Å². The average Bonchev–Trinajstić information content (AvgIpc) is 3.03. The zero-order valence-corrected chi connectivity index (χ0v) is 25.6. The standard InChI is InChI=1S/C34H27BrN2O8/c1-2-43-29-18-23(17-28(35)30(29)45-20-22-8-10-24(11-9-22)33(40)41)16-27-31(38)36-34(42)37(32(27)39)25-12-14-26(15-13-25)44-19-21-6-4-3-5-7-21/h3-18H,2,19-20H2,1H3,(H,40,41)(H,36,38,42)/b27-16+. The molecule has 4 aromatic rings. The molecule has 1 fully saturated rings. The van der Waals surface area contributed by atoms with Crippen LogP contribution in [0.3, 0.4) is 0 Å². The molecule has 0 saturated carbocycles. The zero-order valence-electron chi connectivity index (χ0n) is 24.0. The van der Waals surface area contributed by atoms with E-state index in [2.05, 4.69) is 21.2 Å². The maximum Gasteiger partial charge on any atom is 0.335 e. The Hall–Kier alpha value is -5.42. The van der Waals surface area contributed by atoms with Gasteiger partial charge in [-0.1, -0.05) is 42.5 Å². The lowest BCUT2D eigenvalue weighted by atomic mass is 10.1. The number of amides is 4. The number of benzene rings is 4. The van der Waals surface area contributed by atoms with Gasteiger partial charge in [0.25, 0.3) is 11.8 Å². The fraction of sp³-hybridized carbons (Fsp3) is 0.118. The predicted molar refractivity (Wildman–Crippen MR) is 169 cm³/mol. The van der Waals surface area contributed by atoms with Crippen LogP contribution in [0.4, 0.5) is 10.5 Å². The lowest BCUT2D eigenvalue weighted by Crippen LogP contribution is -2.54. The molecule has 5 rings (SSSR count). The highest BCUT2D eigenvalue weighted by molar-refractivity contribution is 9.10. The Balaban J connectivity index is 1.35. The van der Waals surface area contributed by atoms with Crippen LogP contribution in [0.1, 0.15) is 34.0 Å². The van der Waals surface area contributed by atoms with Crippen molar-refractivity contribution in [2.75, 3.05) is 11.5 Å². The van der Waals surface area contributed by atoms with Gasteiger partial charge >= 0.3 is 12.0 Å². The summed E-state index contributed by atoms with van der Waals surface area (Å²) >= 11 is 3.49. The van der Waals surface area contributed by atoms with E-state index in [-0.39, 0.29) is 23.4 Å². The van der Waals surface area contributed by atoms with Crippen LogP contribution in [0.2, 0.25) is 0 Å². The van der Waals surface area contributed by atoms with Gasteiger partial charge in [-0.2, -0.15) is 0 Å². The monoisotopic (exact) mass is 670 g/mol. The summed E-state index contributed by atoms with van der Waals surface area (Å²) in [4.78, 5) is 51.0. The van der Waals surface area contributed by atoms with Crippen molar-refractivity contribution in [2.24, 2.45) is 0 Å². The fourth-order valence-electron chi connectivity index (χ4n) is 4.46. The van der Waals surface area contributed by atoms with E-state index in [9.17, 15) is 19.2 Å². The molecule has 1 saturated heterocycles. The van der Waals surface area contributed by atoms with Crippen LogP contribution < -0.4 is 24.4 Å². The maximum atomic E-state index is 13.5. The minimum atomic E-state index is -1.02. The van der Waals surface area contributed by atoms with Gasteiger partial charge in [-0.3, -0.25) is 14.9 Å². The third-order valence-electron chi connectivity index (χ3n) is 6.67. The number of anilines is 1. The smallest absolute Gasteiger partial charge is 0.335 e. The molecule has 4 amide bonds. The summed E-state index contributed by atoms with van der Waals surface area (Å²) in [5, 5.41) is 11.3. The number of barbiturate groups is 1. The number of ether oxygens (including phenoxy) is 3. The normalized spacial score (nSPS) is 13.9. The first kappa shape index (κ1) is 31.0. The van der Waals surface area contributed by atoms with Crippen LogP contribution in [0.5, 0.6) is 17.2 Å². The van der Waals surface area contributed by atoms with E-state index in [1.54, 1.807) is 55.5 Å². The number of hydrogen-bond acceptors (Lipinski definition) is 7. The Bertz CT molecular complexity index is 1770. The third kappa shape index (κ3) is 7.39. The van der Waals surface area contributed by atoms with E-state index >= 15 is 0 Å². The van der Waals surface area contributed by atoms with E-state index in [1.165, 1.54) is 18.2 Å². The number of hydrogen-bond donors (Lipinski definition) is 2. The van der Waals surface area contributed by atoms with Crippen LogP contribution in [-0.4, -0.2) is 35.5 Å². The van der Waals surface area contributed by atoms with Gasteiger partial charge in [-0.15, -0.1) is 0 Å². The Morgan fingerprint density at radius 1 is 0.867 bits per heavy atom. The number of urea groups is 1. The van der Waals surface area contributed by atoms with Crippen LogP contribution in [0.25, 0.3) is 6.08 Å². The van der Waals surface area contributed by atoms with Crippen LogP contribution in [0.15, 0.2) is 101 Å². The molecule has 0 aliphatic carbocycles. The molecule has 0 radical (unpaired) electrons. The van der Waals surface area contributed by atoms with Crippen LogP contribution in [0, 0.1) is 0 Å². The number of halogens is 1. The lowest BCUT2D eigenvalue weighted by molar-refractivity contribution is -0.122. The Kier molecular flexibility index (Phi) is 9.59. The minimum absolute atomic E-state index is 0.132. The molecule has 10 nitrogen and oxygen atoms in total. The van der Waals surface area contributed by atoms with Gasteiger partial charge in [0.15, 0.2) is 11.5 Å². The topological polar surface area (TPSA) is 131 Å². The van der Waals surface area contributed by atoms with E-state index < -0.39 is 23.8 Å². The quantitative estimate of drug-likeness (QED) is 0.139. The van der Waals surface area contributed by atoms with Gasteiger partial charge in [0.05, 0.1) is 22.3 Å². The summed E-state index contributed by atoms with van der Waals surface area (Å²) in [5.74, 6) is -1.36. The summed E-state index contributed by atoms with van der Waals surface area (Å²) in [5.41, 5.74) is 2.36. The summed E-state index contributed by atoms with van der Waals surface area (Å²) < 4.78 is 18.1. The van der Waals surface area contributed by atoms with Crippen molar-refractivity contribution in [3.8, 4) is 17.2 Å². The molecule has 1 aliphatic rings. The number of carboxylic acids is 1. The summed E-state index contributed by atoms with van der Waals surface area (Å²) in [7, 11) is 0. The summed E-state index contributed by atoms with van der Waals surface area (Å²) in [6.45, 7) is 2.59. The van der Waals surface area contributed by atoms with E-state index in [4.69, 9.17) is 19.3 Å². The number of carboxylic acid groups (broad SMARTS) is 1. The van der Waals surface area contributed by atoms with Crippen molar-refractivity contribution < 1.29 is 38.5 Å². The minimum Gasteiger partial charge on any atom is -0.490 e. The Morgan fingerprint density at radius 3 is 2.20 bits per heavy atom. The molecule has 0 atom stereocenters. The molecule has 0 unspecified atom stereocenters. The second kappa shape index (κ2) is 13.9. The summed E-state index contributed by atoms with van der Waals surface area (Å²) in [6, 6.07) is 24.7. The Morgan fingerprint density at radius 2 is 1.53 bits per heavy atom. The second-order valence-corrected chi connectivity index (χ2v) is 10.6. The van der Waals surface area contributed by atoms with Crippen molar-refractivity contribution in [1.82, 2.24) is 5.32 Å². The Labute approximate surface area is 267 Å². The van der Waals surface area contributed by atoms with Gasteiger partial charge in [-0.05, 0) is 94.2 Å². The first-order valence-electron chi connectivity index (χ1n) is 13.8. The van der Waals surface area contributed by atoms with E-state index in [0.29, 0.717) is 40.5 Å². The van der Waals surface area contributed by atoms with Crippen LogP contribution in [-0.2, 0) is 22.8 Å². The molecule has 0 spiro atoms. The van der Waals surface area contributed by atoms with Crippen molar-refractivity contribution in [1.29, 1.82) is 0 Å². The number of nitrogens with one attached hydrogen (secondary N) is 1. The number of carbonyl (C=O) groups is 4. The number of imide groups is 2. The highest BCUT2D eigenvalue weighted by Crippen LogP contribution is 2.38. The molecule has 0 aromatic heterocycles. The molecule has 1 heterocycles. The van der Waals surface area contributed by atoms with E-state index in [1.807, 2.05) is 30.3 Å². The number of nitrogens with zero attached hydrogens (tertiary/aromatic N) is 1. The largest absolute Gasteiger partial charge is 0.490 e. The molecule has 228 valence electrons. The molecule has 1 aliphatic heterocycles. The van der Waals surface area contributed by atoms with Gasteiger partial charge in [0.1, 0.15) is 24.5 Å². The first-order valence-corrected chi connectivity index (χ1v) is 14.6. The van der Waals surface area contributed by atoms with Crippen molar-refractivity contribution >= 4 is 51.5 Å². The molecule has 4 aromatic carbocycles. The molecular weight excluding hydrogens is 644 g/mol. The molecule has 11 heteroatoms. The van der Waals surface area contributed by atoms with Gasteiger partial charge < -0.3 is 19.3 Å². The molecule has 0 bridgehead atoms. The second-order valence-electron chi connectivity index (χ2n) is 9.78. The molecule has 2 N–H and O–H groups in total. The van der Waals surface area contributed by atoms with E-state index in [0.717, 1.165) is 16.0 Å². The van der Waals surface area contributed by atoms with Gasteiger partial charge in [-0.25, -0.2) is 14.5 Å². The number of rotatable bonds is 11. The highest BCUT2D eigenvalue weighted by Gasteiger charge is 2.37. The maximum absolute atomic E-state index is 13.5. The lowest BCUT2D eigenvalue weighted by Gasteiger charge is -2.26. The predicted octanol–water partition coefficient (Wildman–Crippen LogP) is 6.37. The number of aromatic carboxylic acids is 1. The molecular formula is C34H27BrN2O8. The van der Waals surface area contributed by atoms with Crippen molar-refractivity contribution in [3.05, 3.63) is 123 Å². The number of carbonyl (C=O) groups excluding carboxylic acids is 3. The first-order chi connectivity index (χ1) is 21.7. The van der Waals surface area contributed by atoms with Gasteiger partial charge in [0, 0.05) is 0 Å². The highest BCUT2D eigenvalue weighted by atomic mass is 79.9. The molecule has 45 heavy (non-hydrogen) atoms. The van der Waals surface area contributed by atoms with Gasteiger partial charge in [0.2, 0.25) is 0 Å². The SMILES string of the molecule is CCOc1cc(/C=C2\C(=O)NC(=O)N(c3ccc(OCc4ccccc4)cc3)C2=O)cc(Br)c1OCc1ccc(C(=O)O)cc1. The van der Waals surface area contributed by atoms with Crippen molar-refractivity contribution in [2.45, 2.75) is 20.1 Å². The fourth-order valence-corrected chi connectivity index (χ4v) is 5.04. The van der Waals surface area contributed by atoms with Crippen molar-refractivity contribution in [3.63, 3.8) is 0 Å². The third-order valence-corrected chi connectivity index (χ3v) is 7.26. The zero-order chi connectivity index (χ0) is 31.9. The average molecular weight is 672 g/mol. The summed E-state index contributed by atoms with van der Waals surface area (Å²) in [6.07, 6.45) is 1.37.